The number of aliphatic hydroxyl groups is 1. The molecule has 1 saturated heterocycles. The Morgan fingerprint density at radius 2 is 2.39 bits per heavy atom. The number of rotatable bonds is 4. The maximum absolute atomic E-state index is 12.5. The first kappa shape index (κ1) is 15.5. The number of aromatic nitrogens is 2. The van der Waals surface area contributed by atoms with Gasteiger partial charge in [-0.2, -0.15) is 0 Å². The van der Waals surface area contributed by atoms with E-state index in [4.69, 9.17) is 4.74 Å². The Morgan fingerprint density at radius 3 is 3.04 bits per heavy atom. The van der Waals surface area contributed by atoms with Gasteiger partial charge in [-0.15, -0.1) is 0 Å². The van der Waals surface area contributed by atoms with E-state index in [1.807, 2.05) is 31.2 Å². The van der Waals surface area contributed by atoms with Crippen molar-refractivity contribution in [1.82, 2.24) is 14.9 Å². The zero-order valence-corrected chi connectivity index (χ0v) is 12.9. The summed E-state index contributed by atoms with van der Waals surface area (Å²) in [6.07, 6.45) is 2.70. The fourth-order valence-corrected chi connectivity index (χ4v) is 2.73. The van der Waals surface area contributed by atoms with Gasteiger partial charge in [0, 0.05) is 17.8 Å². The van der Waals surface area contributed by atoms with Crippen LogP contribution >= 0.6 is 0 Å². The minimum Gasteiger partial charge on any atom is -0.388 e. The molecule has 3 rings (SSSR count). The van der Waals surface area contributed by atoms with Crippen molar-refractivity contribution >= 4 is 11.7 Å². The molecule has 3 N–H and O–H groups in total. The highest BCUT2D eigenvalue weighted by atomic mass is 16.5. The third kappa shape index (κ3) is 3.35. The lowest BCUT2D eigenvalue weighted by Crippen LogP contribution is -2.48. The summed E-state index contributed by atoms with van der Waals surface area (Å²) in [5.74, 6) is 0. The van der Waals surface area contributed by atoms with Crippen molar-refractivity contribution in [2.75, 3.05) is 25.1 Å². The third-order valence-electron chi connectivity index (χ3n) is 3.95. The van der Waals surface area contributed by atoms with Gasteiger partial charge in [-0.3, -0.25) is 0 Å². The number of ether oxygens (including phenoxy) is 1. The van der Waals surface area contributed by atoms with E-state index in [1.54, 1.807) is 17.4 Å². The molecule has 0 bridgehead atoms. The Hall–Kier alpha value is -2.38. The van der Waals surface area contributed by atoms with Crippen molar-refractivity contribution in [2.24, 2.45) is 0 Å². The predicted octanol–water partition coefficient (Wildman–Crippen LogP) is 1.69. The number of hydrogen-bond acceptors (Lipinski definition) is 4. The van der Waals surface area contributed by atoms with Gasteiger partial charge in [0.2, 0.25) is 0 Å². The average molecular weight is 316 g/mol. The molecule has 2 aromatic rings. The Bertz CT molecular complexity index is 659. The van der Waals surface area contributed by atoms with E-state index >= 15 is 0 Å². The van der Waals surface area contributed by atoms with E-state index in [9.17, 15) is 9.90 Å². The molecule has 1 aromatic heterocycles. The Morgan fingerprint density at radius 1 is 1.52 bits per heavy atom. The third-order valence-corrected chi connectivity index (χ3v) is 3.95. The van der Waals surface area contributed by atoms with E-state index in [0.717, 1.165) is 11.3 Å². The van der Waals surface area contributed by atoms with E-state index in [-0.39, 0.29) is 18.7 Å². The smallest absolute Gasteiger partial charge is 0.322 e. The number of carbonyl (C=O) groups is 1. The number of nitrogens with one attached hydrogen (secondary N) is 2. The monoisotopic (exact) mass is 316 g/mol. The summed E-state index contributed by atoms with van der Waals surface area (Å²) in [4.78, 5) is 21.1. The van der Waals surface area contributed by atoms with Crippen LogP contribution in [-0.2, 0) is 4.74 Å². The van der Waals surface area contributed by atoms with Gasteiger partial charge in [-0.05, 0) is 19.1 Å². The van der Waals surface area contributed by atoms with Crippen LogP contribution in [0.2, 0.25) is 0 Å². The van der Waals surface area contributed by atoms with Crippen LogP contribution in [0.4, 0.5) is 10.5 Å². The summed E-state index contributed by atoms with van der Waals surface area (Å²) >= 11 is 0. The van der Waals surface area contributed by atoms with Gasteiger partial charge in [0.25, 0.3) is 0 Å². The van der Waals surface area contributed by atoms with E-state index in [2.05, 4.69) is 15.3 Å². The maximum Gasteiger partial charge on any atom is 0.322 e. The molecular weight excluding hydrogens is 296 g/mol. The highest BCUT2D eigenvalue weighted by Crippen LogP contribution is 2.21. The minimum absolute atomic E-state index is 0.246. The summed E-state index contributed by atoms with van der Waals surface area (Å²) in [7, 11) is 0. The first-order valence-electron chi connectivity index (χ1n) is 7.61. The standard InChI is InChI=1S/C16H20N4O3/c1-2-20(14-8-23-9-15(14)21)16(22)19-12-5-3-4-11(6-12)13-7-17-10-18-13/h3-7,10,14-15,21H,2,8-9H2,1H3,(H,17,18)(H,19,22)/t14-,15-/m0/s1. The van der Waals surface area contributed by atoms with Crippen molar-refractivity contribution in [3.8, 4) is 11.3 Å². The normalized spacial score (nSPS) is 20.4. The van der Waals surface area contributed by atoms with Gasteiger partial charge in [0.05, 0.1) is 43.6 Å². The molecule has 0 aliphatic carbocycles. The highest BCUT2D eigenvalue weighted by molar-refractivity contribution is 5.90. The Balaban J connectivity index is 1.73. The lowest BCUT2D eigenvalue weighted by atomic mass is 10.1. The highest BCUT2D eigenvalue weighted by Gasteiger charge is 2.33. The van der Waals surface area contributed by atoms with Gasteiger partial charge in [0.15, 0.2) is 0 Å². The zero-order chi connectivity index (χ0) is 16.2. The topological polar surface area (TPSA) is 90.5 Å². The van der Waals surface area contributed by atoms with Crippen LogP contribution in [0.1, 0.15) is 6.92 Å². The van der Waals surface area contributed by atoms with Gasteiger partial charge >= 0.3 is 6.03 Å². The molecule has 7 nitrogen and oxygen atoms in total. The van der Waals surface area contributed by atoms with Crippen molar-refractivity contribution < 1.29 is 14.6 Å². The molecule has 2 amide bonds. The number of aromatic amines is 1. The fourth-order valence-electron chi connectivity index (χ4n) is 2.73. The lowest BCUT2D eigenvalue weighted by Gasteiger charge is -2.28. The lowest BCUT2D eigenvalue weighted by molar-refractivity contribution is 0.1000. The minimum atomic E-state index is -0.642. The molecule has 1 fully saturated rings. The summed E-state index contributed by atoms with van der Waals surface area (Å²) in [5, 5.41) is 12.8. The van der Waals surface area contributed by atoms with Crippen molar-refractivity contribution in [1.29, 1.82) is 0 Å². The summed E-state index contributed by atoms with van der Waals surface area (Å²) in [6.45, 7) is 3.00. The molecular formula is C16H20N4O3. The number of hydrogen-bond donors (Lipinski definition) is 3. The van der Waals surface area contributed by atoms with Crippen molar-refractivity contribution in [2.45, 2.75) is 19.1 Å². The first-order chi connectivity index (χ1) is 11.2. The van der Waals surface area contributed by atoms with Crippen molar-refractivity contribution in [3.63, 3.8) is 0 Å². The molecule has 0 unspecified atom stereocenters. The van der Waals surface area contributed by atoms with Gasteiger partial charge in [0.1, 0.15) is 0 Å². The number of aliphatic hydroxyl groups excluding tert-OH is 1. The first-order valence-corrected chi connectivity index (χ1v) is 7.61. The molecule has 23 heavy (non-hydrogen) atoms. The molecule has 2 atom stereocenters. The van der Waals surface area contributed by atoms with E-state index in [0.29, 0.717) is 18.8 Å². The molecule has 7 heteroatoms. The quantitative estimate of drug-likeness (QED) is 0.800. The second kappa shape index (κ2) is 6.80. The van der Waals surface area contributed by atoms with Crippen LogP contribution < -0.4 is 5.32 Å². The second-order valence-corrected chi connectivity index (χ2v) is 5.43. The summed E-state index contributed by atoms with van der Waals surface area (Å²) in [6, 6.07) is 6.96. The summed E-state index contributed by atoms with van der Waals surface area (Å²) in [5.41, 5.74) is 2.51. The Labute approximate surface area is 134 Å². The van der Waals surface area contributed by atoms with Crippen LogP contribution in [0.5, 0.6) is 0 Å². The van der Waals surface area contributed by atoms with Crippen molar-refractivity contribution in [3.05, 3.63) is 36.8 Å². The predicted molar refractivity (Wildman–Crippen MR) is 86.0 cm³/mol. The maximum atomic E-state index is 12.5. The van der Waals surface area contributed by atoms with Crippen LogP contribution in [0.25, 0.3) is 11.3 Å². The molecule has 0 spiro atoms. The van der Waals surface area contributed by atoms with Gasteiger partial charge in [-0.1, -0.05) is 12.1 Å². The van der Waals surface area contributed by atoms with Gasteiger partial charge < -0.3 is 25.0 Å². The Kier molecular flexibility index (Phi) is 4.59. The molecule has 122 valence electrons. The molecule has 0 radical (unpaired) electrons. The van der Waals surface area contributed by atoms with Gasteiger partial charge in [-0.25, -0.2) is 9.78 Å². The van der Waals surface area contributed by atoms with Crippen LogP contribution in [-0.4, -0.2) is 57.9 Å². The number of amides is 2. The van der Waals surface area contributed by atoms with Crippen LogP contribution in [0.15, 0.2) is 36.8 Å². The van der Waals surface area contributed by atoms with Crippen LogP contribution in [0.3, 0.4) is 0 Å². The average Bonchev–Trinajstić information content (AvgIpc) is 3.21. The fraction of sp³-hybridized carbons (Fsp3) is 0.375. The number of nitrogens with zero attached hydrogens (tertiary/aromatic N) is 2. The number of carbonyl (C=O) groups excluding carboxylic acids is 1. The largest absolute Gasteiger partial charge is 0.388 e. The number of likely N-dealkylation sites (N-methyl/N-ethyl adjacent to an activating group) is 1. The SMILES string of the molecule is CCN(C(=O)Nc1cccc(-c2cnc[nH]2)c1)[C@H]1COC[C@@H]1O. The molecule has 1 aromatic carbocycles. The number of benzene rings is 1. The molecule has 1 aliphatic rings. The molecule has 1 aliphatic heterocycles. The second-order valence-electron chi connectivity index (χ2n) is 5.43. The van der Waals surface area contributed by atoms with E-state index in [1.165, 1.54) is 0 Å². The van der Waals surface area contributed by atoms with E-state index < -0.39 is 6.10 Å². The number of imidazole rings is 1. The molecule has 2 heterocycles. The number of H-pyrrole nitrogens is 1. The number of urea groups is 1. The van der Waals surface area contributed by atoms with Crippen LogP contribution in [0, 0.1) is 0 Å². The molecule has 0 saturated carbocycles. The number of anilines is 1. The zero-order valence-electron chi connectivity index (χ0n) is 12.9. The summed E-state index contributed by atoms with van der Waals surface area (Å²) < 4.78 is 5.24.